The standard InChI is InChI=1S/C21H35N7O6/c1-12(29)17(28-18(30)14-6-4-8-24-14)20(32)26-15(5-2-3-7-22)19(31)27-16(21(33)34)9-13-10-23-11-25-13/h10-12,14-17,24,29H,2-9,22H2,1H3,(H,23,25)(H,26,32)(H,27,31)(H,28,30)(H,33,34). The number of nitrogens with one attached hydrogen (secondary N) is 5. The highest BCUT2D eigenvalue weighted by Crippen LogP contribution is 2.08. The Morgan fingerprint density at radius 1 is 1.18 bits per heavy atom. The van der Waals surface area contributed by atoms with Crippen LogP contribution in [-0.2, 0) is 25.6 Å². The van der Waals surface area contributed by atoms with Crippen LogP contribution >= 0.6 is 0 Å². The quantitative estimate of drug-likeness (QED) is 0.135. The summed E-state index contributed by atoms with van der Waals surface area (Å²) < 4.78 is 0. The summed E-state index contributed by atoms with van der Waals surface area (Å²) in [6.45, 7) is 2.44. The van der Waals surface area contributed by atoms with Crippen molar-refractivity contribution in [2.45, 2.75) is 75.7 Å². The second-order valence-electron chi connectivity index (χ2n) is 8.40. The van der Waals surface area contributed by atoms with E-state index in [2.05, 4.69) is 31.2 Å². The van der Waals surface area contributed by atoms with E-state index in [1.165, 1.54) is 19.4 Å². The normalized spacial score (nSPS) is 19.0. The van der Waals surface area contributed by atoms with Crippen molar-refractivity contribution in [2.75, 3.05) is 13.1 Å². The third-order valence-electron chi connectivity index (χ3n) is 5.61. The number of aromatic amines is 1. The van der Waals surface area contributed by atoms with Crippen LogP contribution in [0, 0.1) is 0 Å². The fourth-order valence-electron chi connectivity index (χ4n) is 3.68. The van der Waals surface area contributed by atoms with Crippen LogP contribution in [0.3, 0.4) is 0 Å². The lowest BCUT2D eigenvalue weighted by atomic mass is 10.0. The van der Waals surface area contributed by atoms with Gasteiger partial charge in [-0.25, -0.2) is 9.78 Å². The van der Waals surface area contributed by atoms with Crippen LogP contribution in [0.4, 0.5) is 0 Å². The number of hydrogen-bond acceptors (Lipinski definition) is 8. The van der Waals surface area contributed by atoms with Gasteiger partial charge in [-0.2, -0.15) is 0 Å². The first kappa shape index (κ1) is 27.2. The summed E-state index contributed by atoms with van der Waals surface area (Å²) in [5, 5.41) is 30.2. The summed E-state index contributed by atoms with van der Waals surface area (Å²) in [4.78, 5) is 56.6. The number of hydrogen-bond donors (Lipinski definition) is 8. The van der Waals surface area contributed by atoms with Crippen LogP contribution in [-0.4, -0.2) is 87.2 Å². The number of carboxylic acid groups (broad SMARTS) is 1. The number of nitrogens with zero attached hydrogens (tertiary/aromatic N) is 1. The van der Waals surface area contributed by atoms with Crippen LogP contribution < -0.4 is 27.0 Å². The molecule has 0 saturated carbocycles. The van der Waals surface area contributed by atoms with E-state index in [-0.39, 0.29) is 12.8 Å². The highest BCUT2D eigenvalue weighted by atomic mass is 16.4. The Labute approximate surface area is 197 Å². The minimum atomic E-state index is -1.28. The highest BCUT2D eigenvalue weighted by Gasteiger charge is 2.33. The molecular weight excluding hydrogens is 446 g/mol. The fraction of sp³-hybridized carbons (Fsp3) is 0.667. The second kappa shape index (κ2) is 13.6. The van der Waals surface area contributed by atoms with Crippen molar-refractivity contribution in [3.8, 4) is 0 Å². The third-order valence-corrected chi connectivity index (χ3v) is 5.61. The molecule has 2 rings (SSSR count). The zero-order chi connectivity index (χ0) is 25.1. The Morgan fingerprint density at radius 3 is 2.47 bits per heavy atom. The monoisotopic (exact) mass is 481 g/mol. The van der Waals surface area contributed by atoms with E-state index in [1.54, 1.807) is 0 Å². The molecule has 1 aromatic rings. The zero-order valence-corrected chi connectivity index (χ0v) is 19.3. The van der Waals surface area contributed by atoms with E-state index in [1.807, 2.05) is 0 Å². The summed E-state index contributed by atoms with van der Waals surface area (Å²) in [5.41, 5.74) is 6.05. The molecule has 1 aliphatic rings. The van der Waals surface area contributed by atoms with E-state index in [0.717, 1.165) is 6.42 Å². The SMILES string of the molecule is CC(O)C(NC(=O)C1CCCN1)C(=O)NC(CCCCN)C(=O)NC(Cc1cnc[nH]1)C(=O)O. The van der Waals surface area contributed by atoms with E-state index >= 15 is 0 Å². The van der Waals surface area contributed by atoms with Crippen LogP contribution in [0.25, 0.3) is 0 Å². The topological polar surface area (TPSA) is 212 Å². The maximum Gasteiger partial charge on any atom is 0.326 e. The molecule has 0 radical (unpaired) electrons. The van der Waals surface area contributed by atoms with Gasteiger partial charge in [0.2, 0.25) is 17.7 Å². The summed E-state index contributed by atoms with van der Waals surface area (Å²) in [7, 11) is 0. The molecule has 13 heteroatoms. The van der Waals surface area contributed by atoms with E-state index in [0.29, 0.717) is 38.0 Å². The van der Waals surface area contributed by atoms with Gasteiger partial charge in [-0.05, 0) is 52.1 Å². The highest BCUT2D eigenvalue weighted by molar-refractivity contribution is 5.94. The number of aliphatic carboxylic acids is 1. The Morgan fingerprint density at radius 2 is 1.91 bits per heavy atom. The number of aromatic nitrogens is 2. The lowest BCUT2D eigenvalue weighted by Gasteiger charge is -2.26. The molecule has 9 N–H and O–H groups in total. The first-order chi connectivity index (χ1) is 16.2. The van der Waals surface area contributed by atoms with Crippen molar-refractivity contribution in [1.29, 1.82) is 0 Å². The fourth-order valence-corrected chi connectivity index (χ4v) is 3.68. The number of nitrogens with two attached hydrogens (primary N) is 1. The number of rotatable bonds is 14. The first-order valence-electron chi connectivity index (χ1n) is 11.5. The van der Waals surface area contributed by atoms with Crippen LogP contribution in [0.2, 0.25) is 0 Å². The van der Waals surface area contributed by atoms with Gasteiger partial charge < -0.3 is 42.2 Å². The molecule has 5 unspecified atom stereocenters. The lowest BCUT2D eigenvalue weighted by Crippen LogP contribution is -2.59. The van der Waals surface area contributed by atoms with Crippen LogP contribution in [0.15, 0.2) is 12.5 Å². The summed E-state index contributed by atoms with van der Waals surface area (Å²) in [5.74, 6) is -3.08. The summed E-state index contributed by atoms with van der Waals surface area (Å²) >= 11 is 0. The van der Waals surface area contributed by atoms with E-state index < -0.39 is 54.0 Å². The van der Waals surface area contributed by atoms with Gasteiger partial charge >= 0.3 is 5.97 Å². The number of H-pyrrole nitrogens is 1. The molecule has 13 nitrogen and oxygen atoms in total. The molecule has 1 aliphatic heterocycles. The smallest absolute Gasteiger partial charge is 0.326 e. The van der Waals surface area contributed by atoms with Gasteiger partial charge in [-0.3, -0.25) is 14.4 Å². The maximum atomic E-state index is 12.9. The summed E-state index contributed by atoms with van der Waals surface area (Å²) in [6, 6.07) is -4.05. The molecular formula is C21H35N7O6. The average Bonchev–Trinajstić information content (AvgIpc) is 3.50. The molecule has 1 fully saturated rings. The number of carbonyl (C=O) groups is 4. The van der Waals surface area contributed by atoms with Crippen LogP contribution in [0.5, 0.6) is 0 Å². The molecule has 0 aliphatic carbocycles. The largest absolute Gasteiger partial charge is 0.480 e. The molecule has 0 aromatic carbocycles. The molecule has 5 atom stereocenters. The minimum Gasteiger partial charge on any atom is -0.480 e. The molecule has 2 heterocycles. The first-order valence-corrected chi connectivity index (χ1v) is 11.5. The van der Waals surface area contributed by atoms with Crippen molar-refractivity contribution in [1.82, 2.24) is 31.2 Å². The number of carboxylic acids is 1. The Kier molecular flexibility index (Phi) is 10.9. The molecule has 1 saturated heterocycles. The van der Waals surface area contributed by atoms with Crippen molar-refractivity contribution >= 4 is 23.7 Å². The number of unbranched alkanes of at least 4 members (excludes halogenated alkanes) is 1. The maximum absolute atomic E-state index is 12.9. The molecule has 0 spiro atoms. The van der Waals surface area contributed by atoms with Gasteiger partial charge in [0, 0.05) is 18.3 Å². The van der Waals surface area contributed by atoms with Crippen molar-refractivity contribution in [3.05, 3.63) is 18.2 Å². The molecule has 190 valence electrons. The van der Waals surface area contributed by atoms with E-state index in [4.69, 9.17) is 5.73 Å². The van der Waals surface area contributed by atoms with Gasteiger partial charge in [0.25, 0.3) is 0 Å². The predicted octanol–water partition coefficient (Wildman–Crippen LogP) is -2.25. The van der Waals surface area contributed by atoms with Crippen molar-refractivity contribution < 1.29 is 29.4 Å². The van der Waals surface area contributed by atoms with Gasteiger partial charge in [-0.1, -0.05) is 0 Å². The van der Waals surface area contributed by atoms with Crippen molar-refractivity contribution in [3.63, 3.8) is 0 Å². The van der Waals surface area contributed by atoms with Gasteiger partial charge in [0.05, 0.1) is 18.5 Å². The molecule has 3 amide bonds. The van der Waals surface area contributed by atoms with E-state index in [9.17, 15) is 29.4 Å². The van der Waals surface area contributed by atoms with Crippen LogP contribution in [0.1, 0.15) is 44.7 Å². The minimum absolute atomic E-state index is 0.0225. The third kappa shape index (κ3) is 8.39. The molecule has 0 bridgehead atoms. The summed E-state index contributed by atoms with van der Waals surface area (Å²) in [6.07, 6.45) is 4.37. The Hall–Kier alpha value is -3.03. The van der Waals surface area contributed by atoms with Gasteiger partial charge in [-0.15, -0.1) is 0 Å². The Balaban J connectivity index is 2.07. The Bertz CT molecular complexity index is 811. The number of amides is 3. The predicted molar refractivity (Wildman–Crippen MR) is 121 cm³/mol. The average molecular weight is 482 g/mol. The zero-order valence-electron chi connectivity index (χ0n) is 19.3. The number of aliphatic hydroxyl groups is 1. The second-order valence-corrected chi connectivity index (χ2v) is 8.40. The van der Waals surface area contributed by atoms with Gasteiger partial charge in [0.1, 0.15) is 18.1 Å². The van der Waals surface area contributed by atoms with Crippen molar-refractivity contribution in [2.24, 2.45) is 5.73 Å². The lowest BCUT2D eigenvalue weighted by molar-refractivity contribution is -0.142. The van der Waals surface area contributed by atoms with Gasteiger partial charge in [0.15, 0.2) is 0 Å². The number of carbonyl (C=O) groups excluding carboxylic acids is 3. The molecule has 1 aromatic heterocycles. The number of imidazole rings is 1. The molecule has 34 heavy (non-hydrogen) atoms. The number of aliphatic hydroxyl groups excluding tert-OH is 1.